The van der Waals surface area contributed by atoms with E-state index < -0.39 is 0 Å². The van der Waals surface area contributed by atoms with Crippen LogP contribution in [0.3, 0.4) is 0 Å². The summed E-state index contributed by atoms with van der Waals surface area (Å²) in [7, 11) is 4.74. The zero-order chi connectivity index (χ0) is 14.7. The van der Waals surface area contributed by atoms with Crippen LogP contribution in [0, 0.1) is 0 Å². The highest BCUT2D eigenvalue weighted by molar-refractivity contribution is 5.80. The van der Waals surface area contributed by atoms with Crippen molar-refractivity contribution in [3.8, 4) is 0 Å². The maximum atomic E-state index is 11.8. The van der Waals surface area contributed by atoms with Crippen molar-refractivity contribution in [2.75, 3.05) is 12.1 Å². The maximum Gasteiger partial charge on any atom is 0.332 e. The molecule has 20 heavy (non-hydrogen) atoms. The van der Waals surface area contributed by atoms with Crippen LogP contribution in [-0.4, -0.2) is 22.4 Å². The fourth-order valence-electron chi connectivity index (χ4n) is 1.78. The van der Waals surface area contributed by atoms with Crippen LogP contribution in [0.4, 0.5) is 5.82 Å². The van der Waals surface area contributed by atoms with Crippen molar-refractivity contribution >= 4 is 12.0 Å². The molecule has 6 heteroatoms. The van der Waals surface area contributed by atoms with Gasteiger partial charge in [-0.15, -0.1) is 0 Å². The average Bonchev–Trinajstić information content (AvgIpc) is 2.47. The van der Waals surface area contributed by atoms with Gasteiger partial charge in [0.2, 0.25) is 0 Å². The van der Waals surface area contributed by atoms with Gasteiger partial charge in [-0.1, -0.05) is 30.3 Å². The summed E-state index contributed by atoms with van der Waals surface area (Å²) in [4.78, 5) is 23.5. The van der Waals surface area contributed by atoms with Crippen molar-refractivity contribution in [2.45, 2.75) is 0 Å². The van der Waals surface area contributed by atoms with E-state index in [0.29, 0.717) is 5.82 Å². The number of nitrogens with zero attached hydrogens (tertiary/aromatic N) is 4. The van der Waals surface area contributed by atoms with E-state index in [0.717, 1.165) is 10.1 Å². The minimum Gasteiger partial charge on any atom is -0.281 e. The highest BCUT2D eigenvalue weighted by Crippen LogP contribution is 2.06. The Morgan fingerprint density at radius 1 is 1.10 bits per heavy atom. The number of hydrogen-bond donors (Lipinski definition) is 0. The molecule has 0 aliphatic carbocycles. The Kier molecular flexibility index (Phi) is 3.84. The van der Waals surface area contributed by atoms with Gasteiger partial charge in [0.05, 0.1) is 6.21 Å². The fraction of sp³-hybridized carbons (Fsp3) is 0.214. The number of hydrogen-bond acceptors (Lipinski definition) is 4. The van der Waals surface area contributed by atoms with Crippen LogP contribution in [-0.2, 0) is 14.1 Å². The van der Waals surface area contributed by atoms with E-state index in [1.54, 1.807) is 20.3 Å². The molecular formula is C14H16N4O2. The molecule has 0 N–H and O–H groups in total. The molecule has 1 aromatic heterocycles. The van der Waals surface area contributed by atoms with Crippen LogP contribution in [0.15, 0.2) is 51.1 Å². The van der Waals surface area contributed by atoms with Gasteiger partial charge in [0.1, 0.15) is 5.82 Å². The Morgan fingerprint density at radius 3 is 2.40 bits per heavy atom. The van der Waals surface area contributed by atoms with Gasteiger partial charge in [-0.3, -0.25) is 18.9 Å². The van der Waals surface area contributed by atoms with Gasteiger partial charge in [0.25, 0.3) is 5.56 Å². The maximum absolute atomic E-state index is 11.8. The van der Waals surface area contributed by atoms with E-state index in [9.17, 15) is 9.59 Å². The molecule has 6 nitrogen and oxygen atoms in total. The monoisotopic (exact) mass is 272 g/mol. The van der Waals surface area contributed by atoms with Crippen molar-refractivity contribution in [3.05, 3.63) is 62.8 Å². The Bertz CT molecular complexity index is 744. The van der Waals surface area contributed by atoms with E-state index in [1.165, 1.54) is 22.7 Å². The van der Waals surface area contributed by atoms with Crippen LogP contribution < -0.4 is 16.3 Å². The molecule has 2 rings (SSSR count). The molecule has 0 spiro atoms. The third-order valence-corrected chi connectivity index (χ3v) is 3.01. The number of rotatable bonds is 3. The molecule has 1 heterocycles. The number of aromatic nitrogens is 2. The average molecular weight is 272 g/mol. The summed E-state index contributed by atoms with van der Waals surface area (Å²) in [6.07, 6.45) is 1.67. The molecule has 0 unspecified atom stereocenters. The fourth-order valence-corrected chi connectivity index (χ4v) is 1.78. The van der Waals surface area contributed by atoms with E-state index >= 15 is 0 Å². The van der Waals surface area contributed by atoms with Gasteiger partial charge in [-0.05, 0) is 5.56 Å². The molecule has 0 atom stereocenters. The van der Waals surface area contributed by atoms with E-state index in [1.807, 2.05) is 30.3 Å². The highest BCUT2D eigenvalue weighted by atomic mass is 16.2. The predicted octanol–water partition coefficient (Wildman–Crippen LogP) is 0.554. The molecule has 0 aliphatic heterocycles. The topological polar surface area (TPSA) is 59.6 Å². The largest absolute Gasteiger partial charge is 0.332 e. The Labute approximate surface area is 116 Å². The van der Waals surface area contributed by atoms with Crippen molar-refractivity contribution in [2.24, 2.45) is 19.2 Å². The highest BCUT2D eigenvalue weighted by Gasteiger charge is 2.08. The van der Waals surface area contributed by atoms with Gasteiger partial charge >= 0.3 is 5.69 Å². The number of hydrazone groups is 1. The first-order chi connectivity index (χ1) is 9.50. The van der Waals surface area contributed by atoms with Gasteiger partial charge in [-0.2, -0.15) is 5.10 Å². The van der Waals surface area contributed by atoms with E-state index in [2.05, 4.69) is 5.10 Å². The van der Waals surface area contributed by atoms with Gasteiger partial charge in [0, 0.05) is 27.2 Å². The second kappa shape index (κ2) is 5.56. The molecular weight excluding hydrogens is 256 g/mol. The first-order valence-corrected chi connectivity index (χ1v) is 6.10. The summed E-state index contributed by atoms with van der Waals surface area (Å²) in [5, 5.41) is 5.73. The molecule has 0 bridgehead atoms. The minimum absolute atomic E-state index is 0.357. The van der Waals surface area contributed by atoms with Crippen LogP contribution in [0.5, 0.6) is 0 Å². The normalized spacial score (nSPS) is 10.9. The summed E-state index contributed by atoms with van der Waals surface area (Å²) in [6, 6.07) is 11.0. The van der Waals surface area contributed by atoms with Crippen LogP contribution in [0.25, 0.3) is 0 Å². The van der Waals surface area contributed by atoms with Crippen molar-refractivity contribution in [1.29, 1.82) is 0 Å². The molecule has 0 aliphatic rings. The lowest BCUT2D eigenvalue weighted by Crippen LogP contribution is -2.38. The molecule has 0 saturated carbocycles. The van der Waals surface area contributed by atoms with E-state index in [-0.39, 0.29) is 11.2 Å². The van der Waals surface area contributed by atoms with E-state index in [4.69, 9.17) is 0 Å². The Morgan fingerprint density at radius 2 is 1.75 bits per heavy atom. The summed E-state index contributed by atoms with van der Waals surface area (Å²) >= 11 is 0. The second-order valence-electron chi connectivity index (χ2n) is 4.42. The number of anilines is 1. The zero-order valence-corrected chi connectivity index (χ0v) is 11.6. The SMILES string of the molecule is CN(/N=C/c1ccccc1)c1cc(=O)n(C)c(=O)n1C. The van der Waals surface area contributed by atoms with Gasteiger partial charge in [0.15, 0.2) is 0 Å². The van der Waals surface area contributed by atoms with Crippen molar-refractivity contribution < 1.29 is 0 Å². The molecule has 1 aromatic carbocycles. The second-order valence-corrected chi connectivity index (χ2v) is 4.42. The standard InChI is InChI=1S/C14H16N4O2/c1-16-12(9-13(19)17(2)14(16)20)18(3)15-10-11-7-5-4-6-8-11/h4-10H,1-3H3/b15-10+. The van der Waals surface area contributed by atoms with Crippen LogP contribution in [0.2, 0.25) is 0 Å². The summed E-state index contributed by atoms with van der Waals surface area (Å²) in [5.74, 6) is 0.435. The molecule has 0 radical (unpaired) electrons. The Balaban J connectivity index is 2.35. The molecule has 0 amide bonds. The van der Waals surface area contributed by atoms with Crippen LogP contribution in [0.1, 0.15) is 5.56 Å². The summed E-state index contributed by atoms with van der Waals surface area (Å²) < 4.78 is 2.43. The number of benzene rings is 1. The van der Waals surface area contributed by atoms with Crippen molar-refractivity contribution in [3.63, 3.8) is 0 Å². The first-order valence-electron chi connectivity index (χ1n) is 6.10. The zero-order valence-electron chi connectivity index (χ0n) is 11.6. The lowest BCUT2D eigenvalue weighted by atomic mass is 10.2. The molecule has 2 aromatic rings. The first kappa shape index (κ1) is 13.8. The third-order valence-electron chi connectivity index (χ3n) is 3.01. The van der Waals surface area contributed by atoms with Gasteiger partial charge < -0.3 is 0 Å². The lowest BCUT2D eigenvalue weighted by molar-refractivity contribution is 0.676. The predicted molar refractivity (Wildman–Crippen MR) is 79.4 cm³/mol. The third kappa shape index (κ3) is 2.69. The molecule has 0 fully saturated rings. The van der Waals surface area contributed by atoms with Crippen molar-refractivity contribution in [1.82, 2.24) is 9.13 Å². The smallest absolute Gasteiger partial charge is 0.281 e. The van der Waals surface area contributed by atoms with Gasteiger partial charge in [-0.25, -0.2) is 4.79 Å². The summed E-state index contributed by atoms with van der Waals surface area (Å²) in [6.45, 7) is 0. The Hall–Kier alpha value is -2.63. The lowest BCUT2D eigenvalue weighted by Gasteiger charge is -2.16. The summed E-state index contributed by atoms with van der Waals surface area (Å²) in [5.41, 5.74) is 0.201. The van der Waals surface area contributed by atoms with Crippen LogP contribution >= 0.6 is 0 Å². The molecule has 0 saturated heterocycles. The quantitative estimate of drug-likeness (QED) is 0.606. The molecule has 104 valence electrons. The minimum atomic E-state index is -0.380.